The van der Waals surface area contributed by atoms with E-state index in [1.54, 1.807) is 0 Å². The van der Waals surface area contributed by atoms with Gasteiger partial charge in [-0.2, -0.15) is 0 Å². The van der Waals surface area contributed by atoms with E-state index >= 15 is 0 Å². The fourth-order valence-electron chi connectivity index (χ4n) is 2.94. The van der Waals surface area contributed by atoms with Crippen LogP contribution in [0.1, 0.15) is 58.8 Å². The molecule has 0 radical (unpaired) electrons. The number of ether oxygens (including phenoxy) is 1. The Morgan fingerprint density at radius 2 is 1.87 bits per heavy atom. The number of hydrogen-bond acceptors (Lipinski definition) is 5. The van der Waals surface area contributed by atoms with Crippen LogP contribution in [0.3, 0.4) is 0 Å². The summed E-state index contributed by atoms with van der Waals surface area (Å²) < 4.78 is 5.39. The van der Waals surface area contributed by atoms with E-state index in [1.165, 1.54) is 19.3 Å². The van der Waals surface area contributed by atoms with Crippen LogP contribution in [0, 0.1) is 0 Å². The fraction of sp³-hybridized carbons (Fsp3) is 0.941. The van der Waals surface area contributed by atoms with Crippen molar-refractivity contribution in [2.24, 2.45) is 5.73 Å². The molecule has 1 aliphatic heterocycles. The van der Waals surface area contributed by atoms with E-state index in [2.05, 4.69) is 29.8 Å². The second-order valence-electron chi connectivity index (χ2n) is 6.71. The average molecular weight is 346 g/mol. The van der Waals surface area contributed by atoms with Crippen molar-refractivity contribution in [3.05, 3.63) is 0 Å². The monoisotopic (exact) mass is 345 g/mol. The lowest BCUT2D eigenvalue weighted by Gasteiger charge is -2.46. The normalized spacial score (nSPS) is 18.4. The van der Waals surface area contributed by atoms with Crippen LogP contribution in [0.25, 0.3) is 0 Å². The third kappa shape index (κ3) is 8.38. The zero-order chi connectivity index (χ0) is 17.1. The van der Waals surface area contributed by atoms with E-state index in [9.17, 15) is 4.79 Å². The van der Waals surface area contributed by atoms with Crippen molar-refractivity contribution in [1.29, 1.82) is 0 Å². The molecule has 0 aromatic rings. The minimum atomic E-state index is -0.653. The molecule has 6 heteroatoms. The minimum absolute atomic E-state index is 0.0166. The third-order valence-electron chi connectivity index (χ3n) is 4.22. The number of rotatable bonds is 13. The van der Waals surface area contributed by atoms with Crippen LogP contribution in [0.4, 0.5) is 0 Å². The molecule has 0 aliphatic carbocycles. The van der Waals surface area contributed by atoms with Crippen molar-refractivity contribution in [3.63, 3.8) is 0 Å². The number of thiol groups is 1. The highest BCUT2D eigenvalue weighted by atomic mass is 32.1. The van der Waals surface area contributed by atoms with Gasteiger partial charge in [0.15, 0.2) is 0 Å². The molecule has 0 aromatic heterocycles. The Kier molecular flexibility index (Phi) is 10.2. The van der Waals surface area contributed by atoms with Gasteiger partial charge in [-0.1, -0.05) is 32.6 Å². The number of carbonyl (C=O) groups excluding carboxylic acids is 1. The van der Waals surface area contributed by atoms with Gasteiger partial charge in [-0.3, -0.25) is 9.69 Å². The Bertz CT molecular complexity index is 334. The fourth-order valence-corrected chi connectivity index (χ4v) is 3.04. The second-order valence-corrected chi connectivity index (χ2v) is 7.44. The standard InChI is InChI=1S/C17H35N3O2S/c1-3-11-20-13-17(18,14-20)16(21)19-10-8-6-4-5-7-9-12-22-15(2)23/h15,23H,3-14,18H2,1-2H3,(H,19,21). The number of nitrogens with one attached hydrogen (secondary N) is 1. The highest BCUT2D eigenvalue weighted by Gasteiger charge is 2.45. The molecule has 1 rings (SSSR count). The maximum absolute atomic E-state index is 12.1. The van der Waals surface area contributed by atoms with Gasteiger partial charge in [0.2, 0.25) is 5.91 Å². The number of amides is 1. The summed E-state index contributed by atoms with van der Waals surface area (Å²) in [5.41, 5.74) is 5.51. The molecule has 136 valence electrons. The van der Waals surface area contributed by atoms with E-state index in [0.29, 0.717) is 13.1 Å². The van der Waals surface area contributed by atoms with Crippen LogP contribution in [0.15, 0.2) is 0 Å². The Hall–Kier alpha value is -0.300. The topological polar surface area (TPSA) is 67.6 Å². The van der Waals surface area contributed by atoms with E-state index in [4.69, 9.17) is 10.5 Å². The summed E-state index contributed by atoms with van der Waals surface area (Å²) >= 11 is 4.17. The van der Waals surface area contributed by atoms with Crippen molar-refractivity contribution in [3.8, 4) is 0 Å². The molecule has 0 saturated carbocycles. The summed E-state index contributed by atoms with van der Waals surface area (Å²) in [6.07, 6.45) is 8.04. The zero-order valence-electron chi connectivity index (χ0n) is 14.9. The van der Waals surface area contributed by atoms with Gasteiger partial charge in [0.25, 0.3) is 0 Å². The molecule has 0 bridgehead atoms. The summed E-state index contributed by atoms with van der Waals surface area (Å²) in [4.78, 5) is 14.3. The molecule has 1 heterocycles. The van der Waals surface area contributed by atoms with Crippen LogP contribution >= 0.6 is 12.6 Å². The summed E-state index contributed by atoms with van der Waals surface area (Å²) in [5.74, 6) is 0.0166. The highest BCUT2D eigenvalue weighted by Crippen LogP contribution is 2.18. The van der Waals surface area contributed by atoms with E-state index in [1.807, 2.05) is 6.92 Å². The van der Waals surface area contributed by atoms with E-state index < -0.39 is 5.54 Å². The van der Waals surface area contributed by atoms with Crippen molar-refractivity contribution >= 4 is 18.5 Å². The summed E-state index contributed by atoms with van der Waals surface area (Å²) in [6.45, 7) is 8.04. The van der Waals surface area contributed by atoms with Crippen LogP contribution in [-0.4, -0.2) is 54.6 Å². The SMILES string of the molecule is CCCN1CC(N)(C(=O)NCCCCCCCCOC(C)S)C1. The molecular weight excluding hydrogens is 310 g/mol. The van der Waals surface area contributed by atoms with Crippen LogP contribution < -0.4 is 11.1 Å². The van der Waals surface area contributed by atoms with Gasteiger partial charge in [0, 0.05) is 26.2 Å². The quantitative estimate of drug-likeness (QED) is 0.272. The first-order valence-corrected chi connectivity index (χ1v) is 9.59. The maximum Gasteiger partial charge on any atom is 0.242 e. The smallest absolute Gasteiger partial charge is 0.242 e. The lowest BCUT2D eigenvalue weighted by atomic mass is 9.89. The number of nitrogens with zero attached hydrogens (tertiary/aromatic N) is 1. The maximum atomic E-state index is 12.1. The van der Waals surface area contributed by atoms with Gasteiger partial charge in [-0.05, 0) is 32.7 Å². The number of carbonyl (C=O) groups is 1. The molecule has 1 amide bonds. The molecule has 3 N–H and O–H groups in total. The Balaban J connectivity index is 1.90. The first-order chi connectivity index (χ1) is 11.0. The number of likely N-dealkylation sites (tertiary alicyclic amines) is 1. The third-order valence-corrected chi connectivity index (χ3v) is 4.37. The largest absolute Gasteiger partial charge is 0.368 e. The molecule has 1 unspecified atom stereocenters. The van der Waals surface area contributed by atoms with Gasteiger partial charge in [-0.25, -0.2) is 0 Å². The van der Waals surface area contributed by atoms with Gasteiger partial charge in [0.1, 0.15) is 5.54 Å². The van der Waals surface area contributed by atoms with E-state index in [-0.39, 0.29) is 11.3 Å². The van der Waals surface area contributed by atoms with Crippen LogP contribution in [0.2, 0.25) is 0 Å². The Labute approximate surface area is 147 Å². The lowest BCUT2D eigenvalue weighted by Crippen LogP contribution is -2.73. The molecule has 5 nitrogen and oxygen atoms in total. The van der Waals surface area contributed by atoms with Crippen molar-refractivity contribution in [2.75, 3.05) is 32.8 Å². The predicted octanol–water partition coefficient (Wildman–Crippen LogP) is 2.16. The summed E-state index contributed by atoms with van der Waals surface area (Å²) in [5, 5.41) is 2.99. The number of unbranched alkanes of at least 4 members (excludes halogenated alkanes) is 5. The van der Waals surface area contributed by atoms with Gasteiger partial charge in [-0.15, -0.1) is 12.6 Å². The first-order valence-electron chi connectivity index (χ1n) is 9.07. The van der Waals surface area contributed by atoms with Crippen LogP contribution in [0.5, 0.6) is 0 Å². The summed E-state index contributed by atoms with van der Waals surface area (Å²) in [6, 6.07) is 0. The van der Waals surface area contributed by atoms with Gasteiger partial charge in [0.05, 0.1) is 5.44 Å². The minimum Gasteiger partial charge on any atom is -0.368 e. The van der Waals surface area contributed by atoms with Crippen LogP contribution in [-0.2, 0) is 9.53 Å². The molecule has 23 heavy (non-hydrogen) atoms. The molecule has 1 fully saturated rings. The predicted molar refractivity (Wildman–Crippen MR) is 98.8 cm³/mol. The number of hydrogen-bond donors (Lipinski definition) is 3. The first kappa shape index (κ1) is 20.7. The Morgan fingerprint density at radius 1 is 1.26 bits per heavy atom. The molecule has 1 aliphatic rings. The van der Waals surface area contributed by atoms with Gasteiger partial charge >= 0.3 is 0 Å². The molecular formula is C17H35N3O2S. The second kappa shape index (κ2) is 11.3. The van der Waals surface area contributed by atoms with Crippen molar-refractivity contribution in [2.45, 2.75) is 69.8 Å². The molecule has 0 aromatic carbocycles. The van der Waals surface area contributed by atoms with Crippen molar-refractivity contribution in [1.82, 2.24) is 10.2 Å². The van der Waals surface area contributed by atoms with Gasteiger partial charge < -0.3 is 15.8 Å². The zero-order valence-corrected chi connectivity index (χ0v) is 15.7. The average Bonchev–Trinajstić information content (AvgIpc) is 2.47. The molecule has 0 spiro atoms. The lowest BCUT2D eigenvalue weighted by molar-refractivity contribution is -0.132. The summed E-state index contributed by atoms with van der Waals surface area (Å²) in [7, 11) is 0. The molecule has 1 saturated heterocycles. The molecule has 1 atom stereocenters. The number of nitrogens with two attached hydrogens (primary N) is 1. The van der Waals surface area contributed by atoms with Crippen molar-refractivity contribution < 1.29 is 9.53 Å². The highest BCUT2D eigenvalue weighted by molar-refractivity contribution is 7.80. The Morgan fingerprint density at radius 3 is 2.48 bits per heavy atom. The van der Waals surface area contributed by atoms with E-state index in [0.717, 1.165) is 45.4 Å².